The minimum Gasteiger partial charge on any atom is -0.493 e. The Kier molecular flexibility index (Phi) is 7.05. The number of thioether (sulfide) groups is 1. The zero-order valence-corrected chi connectivity index (χ0v) is 18.7. The molecular weight excluding hydrogens is 370 g/mol. The molecular formula is C23H31NO3S. The number of ether oxygens (including phenoxy) is 2. The minimum atomic E-state index is -0.288. The lowest BCUT2D eigenvalue weighted by Gasteiger charge is -2.22. The van der Waals surface area contributed by atoms with Crippen LogP contribution in [-0.2, 0) is 5.75 Å². The fraction of sp³-hybridized carbons (Fsp3) is 0.435. The third kappa shape index (κ3) is 6.79. The van der Waals surface area contributed by atoms with Gasteiger partial charge in [-0.1, -0.05) is 32.9 Å². The van der Waals surface area contributed by atoms with Crippen molar-refractivity contribution in [3.63, 3.8) is 0 Å². The van der Waals surface area contributed by atoms with Crippen LogP contribution < -0.4 is 14.8 Å². The Morgan fingerprint density at radius 1 is 0.964 bits per heavy atom. The standard InChI is InChI=1S/C23H31NO3S/c1-22(2,3)24-21(25)16-12-13-18(17(14-16)15-28-23(4,5)6)27-20-11-9-8-10-19(20)26-7/h8-14H,15H2,1-7H3,(H,24,25). The Bertz CT molecular complexity index is 819. The van der Waals surface area contributed by atoms with Crippen molar-refractivity contribution in [1.29, 1.82) is 0 Å². The van der Waals surface area contributed by atoms with Crippen LogP contribution >= 0.6 is 11.8 Å². The molecule has 5 heteroatoms. The molecule has 28 heavy (non-hydrogen) atoms. The number of carbonyl (C=O) groups excluding carboxylic acids is 1. The molecule has 0 aliphatic heterocycles. The summed E-state index contributed by atoms with van der Waals surface area (Å²) in [5, 5.41) is 3.02. The van der Waals surface area contributed by atoms with E-state index in [0.29, 0.717) is 17.1 Å². The van der Waals surface area contributed by atoms with Crippen LogP contribution in [-0.4, -0.2) is 23.3 Å². The topological polar surface area (TPSA) is 47.6 Å². The highest BCUT2D eigenvalue weighted by molar-refractivity contribution is 7.99. The van der Waals surface area contributed by atoms with E-state index >= 15 is 0 Å². The summed E-state index contributed by atoms with van der Waals surface area (Å²) in [6.45, 7) is 12.4. The van der Waals surface area contributed by atoms with Crippen LogP contribution in [0.3, 0.4) is 0 Å². The van der Waals surface area contributed by atoms with Gasteiger partial charge in [0.05, 0.1) is 7.11 Å². The molecule has 0 aromatic heterocycles. The molecule has 4 nitrogen and oxygen atoms in total. The SMILES string of the molecule is COc1ccccc1Oc1ccc(C(=O)NC(C)(C)C)cc1CSC(C)(C)C. The summed E-state index contributed by atoms with van der Waals surface area (Å²) >= 11 is 1.81. The zero-order chi connectivity index (χ0) is 20.9. The van der Waals surface area contributed by atoms with Crippen molar-refractivity contribution >= 4 is 17.7 Å². The van der Waals surface area contributed by atoms with Gasteiger partial charge < -0.3 is 14.8 Å². The van der Waals surface area contributed by atoms with Crippen LogP contribution in [0.25, 0.3) is 0 Å². The number of hydrogen-bond donors (Lipinski definition) is 1. The highest BCUT2D eigenvalue weighted by Gasteiger charge is 2.19. The Labute approximate surface area is 173 Å². The van der Waals surface area contributed by atoms with E-state index in [1.165, 1.54) is 0 Å². The molecule has 1 amide bonds. The van der Waals surface area contributed by atoms with Crippen molar-refractivity contribution in [3.05, 3.63) is 53.6 Å². The monoisotopic (exact) mass is 401 g/mol. The van der Waals surface area contributed by atoms with E-state index in [2.05, 4.69) is 26.1 Å². The Hall–Kier alpha value is -2.14. The molecule has 0 unspecified atom stereocenters. The molecule has 0 heterocycles. The first-order valence-corrected chi connectivity index (χ1v) is 10.4. The number of hydrogen-bond acceptors (Lipinski definition) is 4. The number of carbonyl (C=O) groups is 1. The maximum absolute atomic E-state index is 12.6. The summed E-state index contributed by atoms with van der Waals surface area (Å²) in [5.74, 6) is 2.71. The Morgan fingerprint density at radius 3 is 2.18 bits per heavy atom. The van der Waals surface area contributed by atoms with Gasteiger partial charge in [-0.15, -0.1) is 0 Å². The van der Waals surface area contributed by atoms with Crippen molar-refractivity contribution < 1.29 is 14.3 Å². The molecule has 152 valence electrons. The van der Waals surface area contributed by atoms with Gasteiger partial charge in [0.2, 0.25) is 0 Å². The molecule has 1 N–H and O–H groups in total. The van der Waals surface area contributed by atoms with Crippen LogP contribution in [0.4, 0.5) is 0 Å². The molecule has 0 saturated carbocycles. The van der Waals surface area contributed by atoms with E-state index in [1.54, 1.807) is 13.2 Å². The largest absolute Gasteiger partial charge is 0.493 e. The highest BCUT2D eigenvalue weighted by Crippen LogP contribution is 2.36. The lowest BCUT2D eigenvalue weighted by Crippen LogP contribution is -2.40. The van der Waals surface area contributed by atoms with E-state index in [1.807, 2.05) is 68.9 Å². The number of methoxy groups -OCH3 is 1. The summed E-state index contributed by atoms with van der Waals surface area (Å²) in [5.41, 5.74) is 1.32. The van der Waals surface area contributed by atoms with Crippen LogP contribution in [0, 0.1) is 0 Å². The average molecular weight is 402 g/mol. The smallest absolute Gasteiger partial charge is 0.251 e. The van der Waals surface area contributed by atoms with Crippen molar-refractivity contribution in [1.82, 2.24) is 5.32 Å². The lowest BCUT2D eigenvalue weighted by atomic mass is 10.1. The quantitative estimate of drug-likeness (QED) is 0.640. The third-order valence-electron chi connectivity index (χ3n) is 3.76. The summed E-state index contributed by atoms with van der Waals surface area (Å²) in [7, 11) is 1.62. The van der Waals surface area contributed by atoms with Gasteiger partial charge in [-0.2, -0.15) is 11.8 Å². The summed E-state index contributed by atoms with van der Waals surface area (Å²) < 4.78 is 11.7. The third-order valence-corrected chi connectivity index (χ3v) is 5.08. The van der Waals surface area contributed by atoms with Gasteiger partial charge in [0.1, 0.15) is 5.75 Å². The van der Waals surface area contributed by atoms with Gasteiger partial charge in [-0.05, 0) is 51.1 Å². The number of rotatable bonds is 6. The molecule has 0 radical (unpaired) electrons. The van der Waals surface area contributed by atoms with Gasteiger partial charge >= 0.3 is 0 Å². The van der Waals surface area contributed by atoms with Gasteiger partial charge in [0, 0.05) is 27.2 Å². The molecule has 0 fully saturated rings. The number of nitrogens with one attached hydrogen (secondary N) is 1. The lowest BCUT2D eigenvalue weighted by molar-refractivity contribution is 0.0919. The summed E-state index contributed by atoms with van der Waals surface area (Å²) in [6, 6.07) is 13.1. The maximum atomic E-state index is 12.6. The van der Waals surface area contributed by atoms with Crippen LogP contribution in [0.2, 0.25) is 0 Å². The first-order valence-electron chi connectivity index (χ1n) is 9.39. The molecule has 2 aromatic rings. The fourth-order valence-electron chi connectivity index (χ4n) is 2.46. The van der Waals surface area contributed by atoms with Crippen LogP contribution in [0.1, 0.15) is 57.5 Å². The molecule has 0 aliphatic carbocycles. The predicted molar refractivity (Wildman–Crippen MR) is 118 cm³/mol. The van der Waals surface area contributed by atoms with Crippen molar-refractivity contribution in [3.8, 4) is 17.2 Å². The summed E-state index contributed by atoms with van der Waals surface area (Å²) in [6.07, 6.45) is 0. The van der Waals surface area contributed by atoms with Gasteiger partial charge in [0.25, 0.3) is 5.91 Å². The number of benzene rings is 2. The normalized spacial score (nSPS) is 11.8. The maximum Gasteiger partial charge on any atom is 0.251 e. The van der Waals surface area contributed by atoms with Crippen molar-refractivity contribution in [2.24, 2.45) is 0 Å². The van der Waals surface area contributed by atoms with E-state index < -0.39 is 0 Å². The predicted octanol–water partition coefficient (Wildman–Crippen LogP) is 6.05. The Morgan fingerprint density at radius 2 is 1.61 bits per heavy atom. The molecule has 0 saturated heterocycles. The van der Waals surface area contributed by atoms with Crippen molar-refractivity contribution in [2.75, 3.05) is 7.11 Å². The second-order valence-electron chi connectivity index (χ2n) is 8.68. The zero-order valence-electron chi connectivity index (χ0n) is 17.9. The first kappa shape index (κ1) is 22.2. The fourth-order valence-corrected chi connectivity index (χ4v) is 3.28. The van der Waals surface area contributed by atoms with Gasteiger partial charge in [-0.25, -0.2) is 0 Å². The van der Waals surface area contributed by atoms with E-state index in [0.717, 1.165) is 17.1 Å². The second kappa shape index (κ2) is 8.91. The Balaban J connectivity index is 2.36. The van der Waals surface area contributed by atoms with Gasteiger partial charge in [-0.3, -0.25) is 4.79 Å². The second-order valence-corrected chi connectivity index (χ2v) is 10.5. The molecule has 0 spiro atoms. The molecule has 0 aliphatic rings. The molecule has 0 atom stereocenters. The minimum absolute atomic E-state index is 0.0849. The molecule has 0 bridgehead atoms. The van der Waals surface area contributed by atoms with E-state index in [9.17, 15) is 4.79 Å². The number of amides is 1. The first-order chi connectivity index (χ1) is 13.0. The number of para-hydroxylation sites is 2. The van der Waals surface area contributed by atoms with Crippen molar-refractivity contribution in [2.45, 2.75) is 57.6 Å². The van der Waals surface area contributed by atoms with Crippen LogP contribution in [0.5, 0.6) is 17.2 Å². The van der Waals surface area contributed by atoms with E-state index in [4.69, 9.17) is 9.47 Å². The van der Waals surface area contributed by atoms with Crippen LogP contribution in [0.15, 0.2) is 42.5 Å². The molecule has 2 aromatic carbocycles. The molecule has 2 rings (SSSR count). The van der Waals surface area contributed by atoms with E-state index in [-0.39, 0.29) is 16.2 Å². The average Bonchev–Trinajstić information content (AvgIpc) is 2.59. The highest BCUT2D eigenvalue weighted by atomic mass is 32.2. The summed E-state index contributed by atoms with van der Waals surface area (Å²) in [4.78, 5) is 12.6. The van der Waals surface area contributed by atoms with Gasteiger partial charge in [0.15, 0.2) is 11.5 Å².